The molecule has 33 heavy (non-hydrogen) atoms. The number of nitrogens with zero attached hydrogens (tertiary/aromatic N) is 4. The maximum atomic E-state index is 13.2. The molecule has 1 unspecified atom stereocenters. The van der Waals surface area contributed by atoms with Crippen molar-refractivity contribution in [3.8, 4) is 0 Å². The van der Waals surface area contributed by atoms with E-state index in [0.717, 1.165) is 43.1 Å². The molecule has 0 bridgehead atoms. The normalized spacial score (nSPS) is 19.2. The van der Waals surface area contributed by atoms with Gasteiger partial charge in [-0.25, -0.2) is 9.97 Å². The number of carbonyl (C=O) groups is 2. The highest BCUT2D eigenvalue weighted by Crippen LogP contribution is 2.59. The molecule has 1 aliphatic carbocycles. The molecule has 1 N–H and O–H groups in total. The highest BCUT2D eigenvalue weighted by molar-refractivity contribution is 6.05. The summed E-state index contributed by atoms with van der Waals surface area (Å²) in [4.78, 5) is 40.2. The van der Waals surface area contributed by atoms with Crippen LogP contribution >= 0.6 is 0 Å². The zero-order chi connectivity index (χ0) is 22.4. The maximum absolute atomic E-state index is 13.2. The van der Waals surface area contributed by atoms with Crippen LogP contribution in [0.2, 0.25) is 0 Å². The first-order valence-corrected chi connectivity index (χ1v) is 11.2. The number of fused-ring (bicyclic) bond motifs is 2. The predicted octanol–water partition coefficient (Wildman–Crippen LogP) is 3.44. The van der Waals surface area contributed by atoms with Gasteiger partial charge in [-0.05, 0) is 60.9 Å². The van der Waals surface area contributed by atoms with E-state index in [4.69, 9.17) is 4.42 Å². The number of pyridine rings is 3. The molecule has 8 nitrogen and oxygen atoms in total. The SMILES string of the molecule is O=C(NCC1CC12CCN(C(=O)c1ccnc3ncccc13)CC2)c1cc2ccncc2o1. The molecule has 2 amide bonds. The first kappa shape index (κ1) is 19.8. The van der Waals surface area contributed by atoms with Crippen LogP contribution in [0.5, 0.6) is 0 Å². The quantitative estimate of drug-likeness (QED) is 0.521. The molecule has 1 aliphatic heterocycles. The van der Waals surface area contributed by atoms with E-state index in [0.29, 0.717) is 35.0 Å². The molecule has 0 radical (unpaired) electrons. The summed E-state index contributed by atoms with van der Waals surface area (Å²) >= 11 is 0. The van der Waals surface area contributed by atoms with Crippen LogP contribution in [0, 0.1) is 11.3 Å². The third-order valence-corrected chi connectivity index (χ3v) is 7.21. The fraction of sp³-hybridized carbons (Fsp3) is 0.320. The van der Waals surface area contributed by atoms with Gasteiger partial charge in [0.15, 0.2) is 17.0 Å². The Balaban J connectivity index is 1.06. The first-order valence-electron chi connectivity index (χ1n) is 11.2. The molecule has 4 aromatic heterocycles. The lowest BCUT2D eigenvalue weighted by atomic mass is 9.90. The number of piperidine rings is 1. The fourth-order valence-electron chi connectivity index (χ4n) is 5.13. The molecule has 1 atom stereocenters. The summed E-state index contributed by atoms with van der Waals surface area (Å²) in [5.41, 5.74) is 2.09. The van der Waals surface area contributed by atoms with Crippen molar-refractivity contribution in [1.82, 2.24) is 25.2 Å². The van der Waals surface area contributed by atoms with Gasteiger partial charge in [0.05, 0.1) is 11.8 Å². The number of likely N-dealkylation sites (tertiary alicyclic amines) is 1. The molecule has 4 aromatic rings. The van der Waals surface area contributed by atoms with Crippen molar-refractivity contribution >= 4 is 33.8 Å². The van der Waals surface area contributed by atoms with Crippen LogP contribution in [-0.4, -0.2) is 51.3 Å². The zero-order valence-electron chi connectivity index (χ0n) is 18.0. The topological polar surface area (TPSA) is 101 Å². The number of nitrogens with one attached hydrogen (secondary N) is 1. The van der Waals surface area contributed by atoms with Crippen molar-refractivity contribution in [3.05, 3.63) is 66.4 Å². The molecule has 6 rings (SSSR count). The molecule has 2 aliphatic rings. The Kier molecular flexibility index (Phi) is 4.60. The van der Waals surface area contributed by atoms with Crippen molar-refractivity contribution in [3.63, 3.8) is 0 Å². The molecule has 1 saturated carbocycles. The van der Waals surface area contributed by atoms with Crippen LogP contribution in [-0.2, 0) is 0 Å². The van der Waals surface area contributed by atoms with E-state index >= 15 is 0 Å². The molecular formula is C25H23N5O3. The summed E-state index contributed by atoms with van der Waals surface area (Å²) in [6, 6.07) is 9.08. The van der Waals surface area contributed by atoms with Gasteiger partial charge in [-0.2, -0.15) is 0 Å². The summed E-state index contributed by atoms with van der Waals surface area (Å²) in [7, 11) is 0. The van der Waals surface area contributed by atoms with Crippen molar-refractivity contribution < 1.29 is 14.0 Å². The minimum absolute atomic E-state index is 0.0372. The first-order chi connectivity index (χ1) is 16.1. The Labute approximate surface area is 190 Å². The highest BCUT2D eigenvalue weighted by Gasteiger charge is 2.54. The lowest BCUT2D eigenvalue weighted by Gasteiger charge is -2.33. The third kappa shape index (κ3) is 3.51. The molecule has 2 fully saturated rings. The number of rotatable bonds is 4. The predicted molar refractivity (Wildman–Crippen MR) is 122 cm³/mol. The lowest BCUT2D eigenvalue weighted by Crippen LogP contribution is -2.40. The Morgan fingerprint density at radius 1 is 1.12 bits per heavy atom. The van der Waals surface area contributed by atoms with Gasteiger partial charge in [-0.3, -0.25) is 14.6 Å². The van der Waals surface area contributed by atoms with Gasteiger partial charge in [0.1, 0.15) is 0 Å². The molecule has 1 spiro atoms. The molecule has 1 saturated heterocycles. The zero-order valence-corrected chi connectivity index (χ0v) is 18.0. The number of amides is 2. The second kappa shape index (κ2) is 7.65. The van der Waals surface area contributed by atoms with Crippen LogP contribution in [0.3, 0.4) is 0 Å². The van der Waals surface area contributed by atoms with E-state index in [2.05, 4.69) is 20.3 Å². The minimum atomic E-state index is -0.195. The summed E-state index contributed by atoms with van der Waals surface area (Å²) in [5, 5.41) is 4.68. The number of hydrogen-bond acceptors (Lipinski definition) is 6. The van der Waals surface area contributed by atoms with Gasteiger partial charge in [0, 0.05) is 49.0 Å². The van der Waals surface area contributed by atoms with Crippen molar-refractivity contribution in [2.45, 2.75) is 19.3 Å². The molecule has 5 heterocycles. The standard InChI is InChI=1S/C25H23N5O3/c31-23(20-12-16-3-8-26-15-21(16)33-20)29-14-17-13-25(17)5-10-30(11-6-25)24(32)19-4-9-28-22-18(19)2-1-7-27-22/h1-4,7-9,12,15,17H,5-6,10-11,13-14H2,(H,29,31). The van der Waals surface area contributed by atoms with Crippen molar-refractivity contribution in [2.75, 3.05) is 19.6 Å². The molecule has 0 aromatic carbocycles. The van der Waals surface area contributed by atoms with Gasteiger partial charge in [0.25, 0.3) is 11.8 Å². The van der Waals surface area contributed by atoms with E-state index in [-0.39, 0.29) is 17.2 Å². The van der Waals surface area contributed by atoms with E-state index in [1.807, 2.05) is 23.1 Å². The molecular weight excluding hydrogens is 418 g/mol. The average Bonchev–Trinajstić information content (AvgIpc) is 3.33. The second-order valence-electron chi connectivity index (χ2n) is 9.02. The van der Waals surface area contributed by atoms with Crippen molar-refractivity contribution in [1.29, 1.82) is 0 Å². The van der Waals surface area contributed by atoms with Crippen LogP contribution in [0.1, 0.15) is 40.2 Å². The number of carbonyl (C=O) groups excluding carboxylic acids is 2. The maximum Gasteiger partial charge on any atom is 0.287 e. The second-order valence-corrected chi connectivity index (χ2v) is 9.02. The smallest absolute Gasteiger partial charge is 0.287 e. The fourth-order valence-corrected chi connectivity index (χ4v) is 5.13. The molecule has 8 heteroatoms. The van der Waals surface area contributed by atoms with E-state index < -0.39 is 0 Å². The highest BCUT2D eigenvalue weighted by atomic mass is 16.3. The Morgan fingerprint density at radius 3 is 2.82 bits per heavy atom. The Morgan fingerprint density at radius 2 is 1.97 bits per heavy atom. The average molecular weight is 441 g/mol. The summed E-state index contributed by atoms with van der Waals surface area (Å²) in [5.74, 6) is 0.594. The summed E-state index contributed by atoms with van der Waals surface area (Å²) in [6.07, 6.45) is 9.62. The van der Waals surface area contributed by atoms with Gasteiger partial charge >= 0.3 is 0 Å². The van der Waals surface area contributed by atoms with E-state index in [1.165, 1.54) is 0 Å². The summed E-state index contributed by atoms with van der Waals surface area (Å²) in [6.45, 7) is 2.08. The minimum Gasteiger partial charge on any atom is -0.449 e. The van der Waals surface area contributed by atoms with Crippen LogP contribution < -0.4 is 5.32 Å². The van der Waals surface area contributed by atoms with Gasteiger partial charge < -0.3 is 14.6 Å². The Bertz CT molecular complexity index is 1330. The van der Waals surface area contributed by atoms with Crippen LogP contribution in [0.4, 0.5) is 0 Å². The van der Waals surface area contributed by atoms with Gasteiger partial charge in [-0.1, -0.05) is 0 Å². The monoisotopic (exact) mass is 441 g/mol. The lowest BCUT2D eigenvalue weighted by molar-refractivity contribution is 0.0670. The van der Waals surface area contributed by atoms with Crippen LogP contribution in [0.25, 0.3) is 22.0 Å². The number of furan rings is 1. The van der Waals surface area contributed by atoms with Crippen LogP contribution in [0.15, 0.2) is 59.5 Å². The van der Waals surface area contributed by atoms with Crippen molar-refractivity contribution in [2.24, 2.45) is 11.3 Å². The summed E-state index contributed by atoms with van der Waals surface area (Å²) < 4.78 is 5.60. The third-order valence-electron chi connectivity index (χ3n) is 7.21. The van der Waals surface area contributed by atoms with Gasteiger partial charge in [-0.15, -0.1) is 0 Å². The Hall–Kier alpha value is -3.81. The number of aromatic nitrogens is 3. The van der Waals surface area contributed by atoms with Gasteiger partial charge in [0.2, 0.25) is 0 Å². The van der Waals surface area contributed by atoms with E-state index in [9.17, 15) is 9.59 Å². The molecule has 166 valence electrons. The van der Waals surface area contributed by atoms with E-state index in [1.54, 1.807) is 36.9 Å². The number of hydrogen-bond donors (Lipinski definition) is 1. The largest absolute Gasteiger partial charge is 0.449 e.